The number of esters is 1. The van der Waals surface area contributed by atoms with E-state index in [0.717, 1.165) is 5.56 Å². The van der Waals surface area contributed by atoms with Gasteiger partial charge in [-0.3, -0.25) is 9.59 Å². The summed E-state index contributed by atoms with van der Waals surface area (Å²) in [5.74, 6) is 0.135. The number of benzene rings is 2. The van der Waals surface area contributed by atoms with Crippen LogP contribution in [0, 0.1) is 0 Å². The Morgan fingerprint density at radius 3 is 2.32 bits per heavy atom. The fourth-order valence-electron chi connectivity index (χ4n) is 2.36. The van der Waals surface area contributed by atoms with E-state index in [-0.39, 0.29) is 31.4 Å². The zero-order valence-electron chi connectivity index (χ0n) is 17.4. The fraction of sp³-hybridized carbons (Fsp3) is 0.273. The number of hydrazone groups is 1. The highest BCUT2D eigenvalue weighted by atomic mass is 16.6. The molecule has 0 aliphatic heterocycles. The molecule has 0 fully saturated rings. The molecule has 0 unspecified atom stereocenters. The van der Waals surface area contributed by atoms with E-state index in [2.05, 4.69) is 15.8 Å². The van der Waals surface area contributed by atoms with E-state index in [1.807, 2.05) is 0 Å². The van der Waals surface area contributed by atoms with Crippen LogP contribution in [-0.4, -0.2) is 50.9 Å². The maximum Gasteiger partial charge on any atom is 0.344 e. The number of carbonyl (C=O) groups is 3. The van der Waals surface area contributed by atoms with Crippen LogP contribution in [0.4, 0.5) is 0 Å². The molecule has 0 heterocycles. The zero-order valence-corrected chi connectivity index (χ0v) is 17.4. The highest BCUT2D eigenvalue weighted by Gasteiger charge is 2.07. The van der Waals surface area contributed by atoms with E-state index in [1.54, 1.807) is 62.6 Å². The van der Waals surface area contributed by atoms with Crippen molar-refractivity contribution in [3.05, 3.63) is 59.7 Å². The molecule has 0 aliphatic rings. The molecule has 0 saturated heterocycles. The third kappa shape index (κ3) is 8.57. The lowest BCUT2D eigenvalue weighted by Crippen LogP contribution is -2.29. The summed E-state index contributed by atoms with van der Waals surface area (Å²) in [6.07, 6.45) is 1.56. The van der Waals surface area contributed by atoms with Gasteiger partial charge in [0.2, 0.25) is 5.91 Å². The fourth-order valence-corrected chi connectivity index (χ4v) is 2.36. The molecule has 0 bridgehead atoms. The first-order valence-corrected chi connectivity index (χ1v) is 9.64. The van der Waals surface area contributed by atoms with Crippen molar-refractivity contribution < 1.29 is 28.6 Å². The normalized spacial score (nSPS) is 10.4. The second kappa shape index (κ2) is 12.6. The minimum absolute atomic E-state index is 0.0832. The Morgan fingerprint density at radius 2 is 1.68 bits per heavy atom. The third-order valence-electron chi connectivity index (χ3n) is 3.93. The van der Waals surface area contributed by atoms with Gasteiger partial charge in [-0.25, -0.2) is 10.2 Å². The molecule has 9 heteroatoms. The van der Waals surface area contributed by atoms with Crippen molar-refractivity contribution in [2.45, 2.75) is 13.3 Å². The average molecular weight is 427 g/mol. The maximum atomic E-state index is 12.0. The van der Waals surface area contributed by atoms with Crippen LogP contribution < -0.4 is 20.2 Å². The summed E-state index contributed by atoms with van der Waals surface area (Å²) >= 11 is 0. The van der Waals surface area contributed by atoms with E-state index >= 15 is 0 Å². The van der Waals surface area contributed by atoms with Crippen LogP contribution in [0.25, 0.3) is 0 Å². The number of nitrogens with one attached hydrogen (secondary N) is 2. The van der Waals surface area contributed by atoms with Gasteiger partial charge in [0.15, 0.2) is 6.61 Å². The average Bonchev–Trinajstić information content (AvgIpc) is 2.78. The van der Waals surface area contributed by atoms with Gasteiger partial charge < -0.3 is 19.5 Å². The molecular formula is C22H25N3O6. The molecule has 0 radical (unpaired) electrons. The molecule has 9 nitrogen and oxygen atoms in total. The Hall–Kier alpha value is -3.88. The van der Waals surface area contributed by atoms with Crippen molar-refractivity contribution in [1.82, 2.24) is 10.7 Å². The van der Waals surface area contributed by atoms with Crippen molar-refractivity contribution in [2.75, 3.05) is 26.9 Å². The van der Waals surface area contributed by atoms with Gasteiger partial charge >= 0.3 is 5.97 Å². The molecule has 0 atom stereocenters. The van der Waals surface area contributed by atoms with Crippen molar-refractivity contribution >= 4 is 24.0 Å². The largest absolute Gasteiger partial charge is 0.497 e. The van der Waals surface area contributed by atoms with Crippen molar-refractivity contribution in [3.63, 3.8) is 0 Å². The molecular weight excluding hydrogens is 402 g/mol. The standard InChI is InChI=1S/C22H25N3O6/c1-3-30-21(27)15-31-19-8-4-16(5-9-19)14-24-25-20(26)12-13-23-22(28)17-6-10-18(29-2)11-7-17/h4-11,14H,3,12-13,15H2,1-2H3,(H,23,28)(H,25,26). The predicted octanol–water partition coefficient (Wildman–Crippen LogP) is 1.91. The predicted molar refractivity (Wildman–Crippen MR) is 114 cm³/mol. The van der Waals surface area contributed by atoms with Crippen LogP contribution in [-0.2, 0) is 14.3 Å². The maximum absolute atomic E-state index is 12.0. The smallest absolute Gasteiger partial charge is 0.344 e. The minimum Gasteiger partial charge on any atom is -0.497 e. The number of hydrogen-bond donors (Lipinski definition) is 2. The SMILES string of the molecule is CCOC(=O)COc1ccc(C=NNC(=O)CCNC(=O)c2ccc(OC)cc2)cc1. The lowest BCUT2D eigenvalue weighted by atomic mass is 10.2. The molecule has 0 aliphatic carbocycles. The number of ether oxygens (including phenoxy) is 3. The Morgan fingerprint density at radius 1 is 1.00 bits per heavy atom. The Bertz CT molecular complexity index is 894. The van der Waals surface area contributed by atoms with Gasteiger partial charge in [0.05, 0.1) is 19.9 Å². The van der Waals surface area contributed by atoms with E-state index < -0.39 is 5.97 Å². The first kappa shape index (κ1) is 23.4. The van der Waals surface area contributed by atoms with Crippen LogP contribution in [0.3, 0.4) is 0 Å². The van der Waals surface area contributed by atoms with Gasteiger partial charge in [0.25, 0.3) is 5.91 Å². The number of nitrogens with zero attached hydrogens (tertiary/aromatic N) is 1. The van der Waals surface area contributed by atoms with Crippen LogP contribution in [0.15, 0.2) is 53.6 Å². The zero-order chi connectivity index (χ0) is 22.5. The summed E-state index contributed by atoms with van der Waals surface area (Å²) in [4.78, 5) is 35.1. The van der Waals surface area contributed by atoms with E-state index in [1.165, 1.54) is 6.21 Å². The molecule has 2 aromatic carbocycles. The summed E-state index contributed by atoms with van der Waals surface area (Å²) in [6.45, 7) is 2.05. The van der Waals surface area contributed by atoms with Crippen LogP contribution in [0.1, 0.15) is 29.3 Å². The summed E-state index contributed by atoms with van der Waals surface area (Å²) in [7, 11) is 1.55. The second-order valence-electron chi connectivity index (χ2n) is 6.19. The number of amides is 2. The highest BCUT2D eigenvalue weighted by molar-refractivity contribution is 5.94. The van der Waals surface area contributed by atoms with E-state index in [9.17, 15) is 14.4 Å². The lowest BCUT2D eigenvalue weighted by molar-refractivity contribution is -0.145. The Balaban J connectivity index is 1.68. The Labute approximate surface area is 180 Å². The number of carbonyl (C=O) groups excluding carboxylic acids is 3. The quantitative estimate of drug-likeness (QED) is 0.322. The van der Waals surface area contributed by atoms with Gasteiger partial charge in [-0.05, 0) is 61.0 Å². The molecule has 2 N–H and O–H groups in total. The van der Waals surface area contributed by atoms with Crippen LogP contribution >= 0.6 is 0 Å². The lowest BCUT2D eigenvalue weighted by Gasteiger charge is -2.06. The van der Waals surface area contributed by atoms with Gasteiger partial charge in [0.1, 0.15) is 11.5 Å². The first-order valence-electron chi connectivity index (χ1n) is 9.64. The van der Waals surface area contributed by atoms with E-state index in [4.69, 9.17) is 14.2 Å². The molecule has 31 heavy (non-hydrogen) atoms. The molecule has 0 spiro atoms. The number of methoxy groups -OCH3 is 1. The summed E-state index contributed by atoms with van der Waals surface area (Å²) in [6, 6.07) is 13.5. The molecule has 2 amide bonds. The van der Waals surface area contributed by atoms with Crippen LogP contribution in [0.5, 0.6) is 11.5 Å². The molecule has 2 rings (SSSR count). The summed E-state index contributed by atoms with van der Waals surface area (Å²) in [5.41, 5.74) is 3.61. The van der Waals surface area contributed by atoms with Gasteiger partial charge in [-0.2, -0.15) is 5.10 Å². The summed E-state index contributed by atoms with van der Waals surface area (Å²) in [5, 5.41) is 6.55. The second-order valence-corrected chi connectivity index (χ2v) is 6.19. The van der Waals surface area contributed by atoms with Gasteiger partial charge in [0, 0.05) is 18.5 Å². The van der Waals surface area contributed by atoms with Crippen molar-refractivity contribution in [3.8, 4) is 11.5 Å². The number of hydrogen-bond acceptors (Lipinski definition) is 7. The van der Waals surface area contributed by atoms with Gasteiger partial charge in [-0.1, -0.05) is 0 Å². The molecule has 2 aromatic rings. The van der Waals surface area contributed by atoms with Crippen LogP contribution in [0.2, 0.25) is 0 Å². The number of rotatable bonds is 11. The highest BCUT2D eigenvalue weighted by Crippen LogP contribution is 2.12. The molecule has 0 saturated carbocycles. The Kier molecular flexibility index (Phi) is 9.54. The third-order valence-corrected chi connectivity index (χ3v) is 3.93. The molecule has 0 aromatic heterocycles. The van der Waals surface area contributed by atoms with E-state index in [0.29, 0.717) is 23.7 Å². The monoisotopic (exact) mass is 427 g/mol. The topological polar surface area (TPSA) is 115 Å². The molecule has 164 valence electrons. The minimum atomic E-state index is -0.434. The van der Waals surface area contributed by atoms with Crippen molar-refractivity contribution in [2.24, 2.45) is 5.10 Å². The first-order chi connectivity index (χ1) is 15.0. The van der Waals surface area contributed by atoms with Crippen molar-refractivity contribution in [1.29, 1.82) is 0 Å². The van der Waals surface area contributed by atoms with Gasteiger partial charge in [-0.15, -0.1) is 0 Å². The summed E-state index contributed by atoms with van der Waals surface area (Å²) < 4.78 is 15.1.